The highest BCUT2D eigenvalue weighted by Gasteiger charge is 2.29. The average molecular weight is 459 g/mol. The van der Waals surface area contributed by atoms with Gasteiger partial charge in [-0.15, -0.1) is 0 Å². The lowest BCUT2D eigenvalue weighted by Gasteiger charge is -2.32. The SMILES string of the molecule is CCOC(=O)C1CCCN(C(=O)CCN(c2nc(Cc3ccc(C)cc3)ns2)C(C)C)C1. The molecule has 0 saturated carbocycles. The first kappa shape index (κ1) is 24.2. The van der Waals surface area contributed by atoms with Gasteiger partial charge in [0, 0.05) is 50.1 Å². The molecule has 1 aliphatic rings. The molecule has 2 heterocycles. The maximum atomic E-state index is 12.9. The zero-order valence-corrected chi connectivity index (χ0v) is 20.4. The number of amides is 1. The van der Waals surface area contributed by atoms with E-state index < -0.39 is 0 Å². The van der Waals surface area contributed by atoms with Crippen molar-refractivity contribution >= 4 is 28.5 Å². The Hall–Kier alpha value is -2.48. The number of aromatic nitrogens is 2. The van der Waals surface area contributed by atoms with Crippen LogP contribution in [0.4, 0.5) is 5.13 Å². The maximum Gasteiger partial charge on any atom is 0.310 e. The third-order valence-electron chi connectivity index (χ3n) is 5.77. The molecule has 0 N–H and O–H groups in total. The summed E-state index contributed by atoms with van der Waals surface area (Å²) in [4.78, 5) is 33.6. The second-order valence-electron chi connectivity index (χ2n) is 8.62. The Labute approximate surface area is 194 Å². The molecule has 2 aromatic rings. The van der Waals surface area contributed by atoms with E-state index >= 15 is 0 Å². The minimum Gasteiger partial charge on any atom is -0.466 e. The van der Waals surface area contributed by atoms with Crippen LogP contribution in [0.3, 0.4) is 0 Å². The van der Waals surface area contributed by atoms with Crippen molar-refractivity contribution in [2.75, 3.05) is 31.1 Å². The molecule has 1 atom stereocenters. The molecule has 1 fully saturated rings. The van der Waals surface area contributed by atoms with Gasteiger partial charge in [-0.2, -0.15) is 4.37 Å². The molecule has 3 rings (SSSR count). The van der Waals surface area contributed by atoms with Crippen molar-refractivity contribution < 1.29 is 14.3 Å². The summed E-state index contributed by atoms with van der Waals surface area (Å²) in [5.74, 6) is 0.485. The van der Waals surface area contributed by atoms with Crippen molar-refractivity contribution in [3.05, 3.63) is 41.2 Å². The number of anilines is 1. The van der Waals surface area contributed by atoms with Crippen LogP contribution in [0, 0.1) is 12.8 Å². The molecule has 8 heteroatoms. The van der Waals surface area contributed by atoms with Crippen molar-refractivity contribution in [3.63, 3.8) is 0 Å². The molecule has 1 aliphatic heterocycles. The second-order valence-corrected chi connectivity index (χ2v) is 9.35. The number of rotatable bonds is 9. The monoisotopic (exact) mass is 458 g/mol. The largest absolute Gasteiger partial charge is 0.466 e. The Balaban J connectivity index is 1.57. The fraction of sp³-hybridized carbons (Fsp3) is 0.583. The van der Waals surface area contributed by atoms with Crippen LogP contribution in [0.15, 0.2) is 24.3 Å². The summed E-state index contributed by atoms with van der Waals surface area (Å²) >= 11 is 1.38. The topological polar surface area (TPSA) is 75.6 Å². The zero-order chi connectivity index (χ0) is 23.1. The first-order chi connectivity index (χ1) is 15.4. The van der Waals surface area contributed by atoms with Crippen molar-refractivity contribution in [1.82, 2.24) is 14.3 Å². The van der Waals surface area contributed by atoms with Gasteiger partial charge in [0.2, 0.25) is 11.0 Å². The number of hydrogen-bond donors (Lipinski definition) is 0. The minimum atomic E-state index is -0.207. The van der Waals surface area contributed by atoms with E-state index in [1.165, 1.54) is 22.7 Å². The van der Waals surface area contributed by atoms with Gasteiger partial charge in [0.05, 0.1) is 12.5 Å². The first-order valence-corrected chi connectivity index (χ1v) is 12.2. The van der Waals surface area contributed by atoms with Crippen LogP contribution in [-0.4, -0.2) is 58.4 Å². The van der Waals surface area contributed by atoms with Gasteiger partial charge in [-0.1, -0.05) is 29.8 Å². The standard InChI is InChI=1S/C24H34N4O3S/c1-5-31-23(30)20-7-6-13-27(16-20)22(29)12-14-28(17(2)3)24-25-21(26-32-24)15-19-10-8-18(4)9-11-19/h8-11,17,20H,5-7,12-16H2,1-4H3. The van der Waals surface area contributed by atoms with Gasteiger partial charge in [0.15, 0.2) is 0 Å². The summed E-state index contributed by atoms with van der Waals surface area (Å²) in [5, 5.41) is 0.845. The van der Waals surface area contributed by atoms with E-state index in [0.29, 0.717) is 39.1 Å². The molecule has 0 spiro atoms. The number of likely N-dealkylation sites (tertiary alicyclic amines) is 1. The van der Waals surface area contributed by atoms with Gasteiger partial charge in [-0.05, 0) is 46.1 Å². The maximum absolute atomic E-state index is 12.9. The average Bonchev–Trinajstić information content (AvgIpc) is 3.23. The van der Waals surface area contributed by atoms with E-state index in [4.69, 9.17) is 9.72 Å². The Morgan fingerprint density at radius 1 is 1.28 bits per heavy atom. The number of piperidine rings is 1. The number of carbonyl (C=O) groups is 2. The van der Waals surface area contributed by atoms with Gasteiger partial charge < -0.3 is 14.5 Å². The normalized spacial score (nSPS) is 16.3. The van der Waals surface area contributed by atoms with E-state index in [9.17, 15) is 9.59 Å². The summed E-state index contributed by atoms with van der Waals surface area (Å²) in [7, 11) is 0. The third kappa shape index (κ3) is 6.51. The molecule has 174 valence electrons. The molecule has 0 bridgehead atoms. The Morgan fingerprint density at radius 3 is 2.72 bits per heavy atom. The molecule has 32 heavy (non-hydrogen) atoms. The fourth-order valence-electron chi connectivity index (χ4n) is 3.93. The molecule has 1 unspecified atom stereocenters. The number of nitrogens with zero attached hydrogens (tertiary/aromatic N) is 4. The number of esters is 1. The number of hydrogen-bond acceptors (Lipinski definition) is 7. The van der Waals surface area contributed by atoms with Crippen molar-refractivity contribution in [2.45, 2.75) is 59.4 Å². The highest BCUT2D eigenvalue weighted by atomic mass is 32.1. The van der Waals surface area contributed by atoms with Gasteiger partial charge in [0.1, 0.15) is 5.82 Å². The van der Waals surface area contributed by atoms with Crippen LogP contribution >= 0.6 is 11.5 Å². The number of carbonyl (C=O) groups excluding carboxylic acids is 2. The third-order valence-corrected chi connectivity index (χ3v) is 6.56. The summed E-state index contributed by atoms with van der Waals surface area (Å²) in [6.07, 6.45) is 2.71. The molecule has 7 nitrogen and oxygen atoms in total. The molecule has 0 radical (unpaired) electrons. The number of ether oxygens (including phenoxy) is 1. The lowest BCUT2D eigenvalue weighted by molar-refractivity contribution is -0.151. The van der Waals surface area contributed by atoms with Crippen LogP contribution in [0.5, 0.6) is 0 Å². The fourth-order valence-corrected chi connectivity index (χ4v) is 4.77. The Kier molecular flexibility index (Phi) is 8.61. The van der Waals surface area contributed by atoms with Crippen molar-refractivity contribution in [2.24, 2.45) is 5.92 Å². The molecular formula is C24H34N4O3S. The molecule has 1 amide bonds. The predicted molar refractivity (Wildman–Crippen MR) is 127 cm³/mol. The summed E-state index contributed by atoms with van der Waals surface area (Å²) in [6.45, 7) is 10.2. The highest BCUT2D eigenvalue weighted by molar-refractivity contribution is 7.09. The lowest BCUT2D eigenvalue weighted by Crippen LogP contribution is -2.44. The minimum absolute atomic E-state index is 0.0778. The van der Waals surface area contributed by atoms with Gasteiger partial charge in [0.25, 0.3) is 0 Å². The van der Waals surface area contributed by atoms with Crippen LogP contribution in [0.1, 0.15) is 57.0 Å². The molecular weight excluding hydrogens is 424 g/mol. The number of benzene rings is 1. The first-order valence-electron chi connectivity index (χ1n) is 11.5. The van der Waals surface area contributed by atoms with Crippen LogP contribution in [0.25, 0.3) is 0 Å². The highest BCUT2D eigenvalue weighted by Crippen LogP contribution is 2.23. The van der Waals surface area contributed by atoms with Gasteiger partial charge in [-0.25, -0.2) is 4.98 Å². The molecule has 1 aromatic heterocycles. The van der Waals surface area contributed by atoms with E-state index in [1.54, 1.807) is 0 Å². The summed E-state index contributed by atoms with van der Waals surface area (Å²) in [5.41, 5.74) is 2.42. The zero-order valence-electron chi connectivity index (χ0n) is 19.5. The van der Waals surface area contributed by atoms with Crippen LogP contribution < -0.4 is 4.90 Å². The van der Waals surface area contributed by atoms with E-state index in [-0.39, 0.29) is 23.8 Å². The Morgan fingerprint density at radius 2 is 2.03 bits per heavy atom. The number of aryl methyl sites for hydroxylation is 1. The molecule has 0 aliphatic carbocycles. The molecule has 1 saturated heterocycles. The summed E-state index contributed by atoms with van der Waals surface area (Å²) in [6, 6.07) is 8.62. The van der Waals surface area contributed by atoms with Crippen molar-refractivity contribution in [3.8, 4) is 0 Å². The molecule has 1 aromatic carbocycles. The van der Waals surface area contributed by atoms with Gasteiger partial charge in [-0.3, -0.25) is 9.59 Å². The Bertz CT molecular complexity index is 897. The lowest BCUT2D eigenvalue weighted by atomic mass is 9.98. The predicted octanol–water partition coefficient (Wildman–Crippen LogP) is 3.84. The van der Waals surface area contributed by atoms with Crippen LogP contribution in [-0.2, 0) is 20.7 Å². The van der Waals surface area contributed by atoms with E-state index in [2.05, 4.69) is 54.3 Å². The van der Waals surface area contributed by atoms with Crippen molar-refractivity contribution in [1.29, 1.82) is 0 Å². The van der Waals surface area contributed by atoms with E-state index in [1.807, 2.05) is 11.8 Å². The van der Waals surface area contributed by atoms with Gasteiger partial charge >= 0.3 is 5.97 Å². The summed E-state index contributed by atoms with van der Waals surface area (Å²) < 4.78 is 9.69. The smallest absolute Gasteiger partial charge is 0.310 e. The van der Waals surface area contributed by atoms with Crippen LogP contribution in [0.2, 0.25) is 0 Å². The van der Waals surface area contributed by atoms with E-state index in [0.717, 1.165) is 23.8 Å². The quantitative estimate of drug-likeness (QED) is 0.532. The second kappa shape index (κ2) is 11.4.